The van der Waals surface area contributed by atoms with Crippen molar-refractivity contribution in [1.82, 2.24) is 15.2 Å². The van der Waals surface area contributed by atoms with Crippen molar-refractivity contribution in [3.05, 3.63) is 93.6 Å². The Labute approximate surface area is 308 Å². The topological polar surface area (TPSA) is 122 Å². The summed E-state index contributed by atoms with van der Waals surface area (Å²) >= 11 is 13.2. The number of halogens is 3. The number of urea groups is 1. The van der Waals surface area contributed by atoms with Crippen molar-refractivity contribution in [2.24, 2.45) is 0 Å². The van der Waals surface area contributed by atoms with Gasteiger partial charge < -0.3 is 34.6 Å². The lowest BCUT2D eigenvalue weighted by molar-refractivity contribution is -0.117. The number of nitrogens with one attached hydrogen (secondary N) is 2. The summed E-state index contributed by atoms with van der Waals surface area (Å²) in [6.45, 7) is 8.12. The molecule has 0 aliphatic heterocycles. The van der Waals surface area contributed by atoms with E-state index >= 15 is 0 Å². The molecule has 0 unspecified atom stereocenters. The molecule has 268 valence electrons. The maximum Gasteiger partial charge on any atom is 0.319 e. The predicted octanol–water partition coefficient (Wildman–Crippen LogP) is 7.15. The molecule has 0 spiro atoms. The molecule has 14 heteroatoms. The summed E-state index contributed by atoms with van der Waals surface area (Å²) in [6.07, 6.45) is 0. The largest absolute Gasteiger partial charge is 0.487 e. The zero-order chi connectivity index (χ0) is 35.3. The molecule has 1 heterocycles. The number of aryl methyl sites for hydroxylation is 1. The number of rotatable bonds is 16. The Morgan fingerprint density at radius 1 is 0.900 bits per heavy atom. The number of aromatic nitrogens is 1. The number of carbonyl (C=O) groups excluding carboxylic acids is 3. The molecule has 0 fully saturated rings. The third-order valence-corrected chi connectivity index (χ3v) is 8.35. The molecule has 1 aromatic heterocycles. The van der Waals surface area contributed by atoms with Crippen LogP contribution in [0.4, 0.5) is 16.2 Å². The maximum atomic E-state index is 13.3. The number of likely N-dealkylation sites (N-methyl/N-ethyl adjacent to an activating group) is 1. The van der Waals surface area contributed by atoms with Crippen molar-refractivity contribution >= 4 is 75.7 Å². The monoisotopic (exact) mass is 745 g/mol. The highest BCUT2D eigenvalue weighted by Gasteiger charge is 2.20. The van der Waals surface area contributed by atoms with Gasteiger partial charge in [-0.15, -0.1) is 12.4 Å². The van der Waals surface area contributed by atoms with Gasteiger partial charge in [0.05, 0.1) is 30.5 Å². The van der Waals surface area contributed by atoms with Crippen molar-refractivity contribution in [3.63, 3.8) is 0 Å². The van der Waals surface area contributed by atoms with Gasteiger partial charge >= 0.3 is 6.03 Å². The Kier molecular flexibility index (Phi) is 16.0. The molecule has 4 rings (SSSR count). The molecular weight excluding hydrogens is 705 g/mol. The number of anilines is 2. The number of nitrogens with zero attached hydrogens (tertiary/aromatic N) is 3. The van der Waals surface area contributed by atoms with Crippen LogP contribution in [0.15, 0.2) is 66.7 Å². The predicted molar refractivity (Wildman–Crippen MR) is 200 cm³/mol. The summed E-state index contributed by atoms with van der Waals surface area (Å²) in [5.74, 6) is -0.0642. The summed E-state index contributed by atoms with van der Waals surface area (Å²) in [5, 5.41) is 6.81. The van der Waals surface area contributed by atoms with Gasteiger partial charge in [0.1, 0.15) is 17.9 Å². The standard InChI is InChI=1S/C36H41Cl2N5O6.ClH/c1-5-47-19-17-43(18-20-48-6-2)35(45)26-10-7-11-27(21-26)41-36(46)39-22-32(44)42(4)30-16-15-29(37)28(33(30)38)23-49-31-12-8-9-25-14-13-24(3)40-34(25)31;/h7-16,21H,5-6,17-20,22-23H2,1-4H3,(H2,39,41,46);1H. The van der Waals surface area contributed by atoms with Crippen molar-refractivity contribution in [1.29, 1.82) is 0 Å². The number of fused-ring (bicyclic) bond motifs is 1. The third kappa shape index (κ3) is 10.9. The van der Waals surface area contributed by atoms with Gasteiger partial charge in [-0.05, 0) is 63.2 Å². The van der Waals surface area contributed by atoms with Crippen LogP contribution in [0.1, 0.15) is 35.5 Å². The Hall–Kier alpha value is -4.13. The van der Waals surface area contributed by atoms with E-state index in [-0.39, 0.29) is 36.5 Å². The van der Waals surface area contributed by atoms with E-state index in [1.54, 1.807) is 48.3 Å². The maximum absolute atomic E-state index is 13.3. The fourth-order valence-electron chi connectivity index (χ4n) is 4.91. The average Bonchev–Trinajstić information content (AvgIpc) is 3.09. The van der Waals surface area contributed by atoms with Gasteiger partial charge in [-0.3, -0.25) is 9.59 Å². The summed E-state index contributed by atoms with van der Waals surface area (Å²) < 4.78 is 17.0. The molecule has 0 saturated carbocycles. The first-order valence-electron chi connectivity index (χ1n) is 15.9. The quantitative estimate of drug-likeness (QED) is 0.117. The van der Waals surface area contributed by atoms with Crippen LogP contribution >= 0.6 is 35.6 Å². The molecular formula is C36H42Cl3N5O6. The summed E-state index contributed by atoms with van der Waals surface area (Å²) in [6, 6.07) is 18.8. The van der Waals surface area contributed by atoms with Crippen molar-refractivity contribution < 1.29 is 28.6 Å². The third-order valence-electron chi connectivity index (χ3n) is 7.57. The molecule has 0 radical (unpaired) electrons. The Bertz CT molecular complexity index is 1770. The molecule has 0 bridgehead atoms. The van der Waals surface area contributed by atoms with E-state index < -0.39 is 11.9 Å². The Balaban J connectivity index is 0.00000676. The highest BCUT2D eigenvalue weighted by molar-refractivity contribution is 6.38. The number of hydrogen-bond donors (Lipinski definition) is 2. The molecule has 11 nitrogen and oxygen atoms in total. The van der Waals surface area contributed by atoms with Crippen LogP contribution in [0.5, 0.6) is 5.75 Å². The first-order chi connectivity index (χ1) is 23.6. The fourth-order valence-corrected chi connectivity index (χ4v) is 5.52. The van der Waals surface area contributed by atoms with Crippen LogP contribution in [0.3, 0.4) is 0 Å². The normalized spacial score (nSPS) is 10.7. The number of benzene rings is 3. The van der Waals surface area contributed by atoms with Gasteiger partial charge in [0.25, 0.3) is 5.91 Å². The molecule has 0 atom stereocenters. The second kappa shape index (κ2) is 19.9. The lowest BCUT2D eigenvalue weighted by Crippen LogP contribution is -2.40. The Morgan fingerprint density at radius 3 is 2.30 bits per heavy atom. The van der Waals surface area contributed by atoms with E-state index in [2.05, 4.69) is 15.6 Å². The van der Waals surface area contributed by atoms with Gasteiger partial charge in [-0.25, -0.2) is 9.78 Å². The van der Waals surface area contributed by atoms with E-state index in [0.29, 0.717) is 72.8 Å². The summed E-state index contributed by atoms with van der Waals surface area (Å²) in [4.78, 5) is 46.7. The lowest BCUT2D eigenvalue weighted by atomic mass is 10.1. The summed E-state index contributed by atoms with van der Waals surface area (Å²) in [7, 11) is 1.55. The number of amides is 4. The first kappa shape index (κ1) is 40.3. The van der Waals surface area contributed by atoms with Crippen LogP contribution in [0.2, 0.25) is 10.0 Å². The lowest BCUT2D eigenvalue weighted by Gasteiger charge is -2.23. The van der Waals surface area contributed by atoms with Crippen molar-refractivity contribution in [2.75, 3.05) is 63.3 Å². The second-order valence-electron chi connectivity index (χ2n) is 11.0. The van der Waals surface area contributed by atoms with Gasteiger partial charge in [0, 0.05) is 66.3 Å². The first-order valence-corrected chi connectivity index (χ1v) is 16.7. The minimum absolute atomic E-state index is 0. The molecule has 0 saturated heterocycles. The smallest absolute Gasteiger partial charge is 0.319 e. The van der Waals surface area contributed by atoms with E-state index in [1.165, 1.54) is 4.90 Å². The van der Waals surface area contributed by atoms with Crippen LogP contribution in [-0.4, -0.2) is 80.8 Å². The van der Waals surface area contributed by atoms with Crippen molar-refractivity contribution in [2.45, 2.75) is 27.4 Å². The zero-order valence-corrected chi connectivity index (χ0v) is 30.8. The minimum Gasteiger partial charge on any atom is -0.487 e. The van der Waals surface area contributed by atoms with Crippen LogP contribution < -0.4 is 20.3 Å². The molecule has 2 N–H and O–H groups in total. The molecule has 0 aliphatic rings. The minimum atomic E-state index is -0.619. The molecule has 3 aromatic carbocycles. The number of pyridine rings is 1. The van der Waals surface area contributed by atoms with Crippen LogP contribution in [0.25, 0.3) is 10.9 Å². The van der Waals surface area contributed by atoms with Gasteiger partial charge in [0.15, 0.2) is 0 Å². The van der Waals surface area contributed by atoms with Crippen LogP contribution in [-0.2, 0) is 20.9 Å². The van der Waals surface area contributed by atoms with E-state index in [9.17, 15) is 14.4 Å². The molecule has 4 aromatic rings. The van der Waals surface area contributed by atoms with E-state index in [4.69, 9.17) is 37.4 Å². The van der Waals surface area contributed by atoms with Gasteiger partial charge in [0.2, 0.25) is 5.91 Å². The molecule has 4 amide bonds. The van der Waals surface area contributed by atoms with Gasteiger partial charge in [-0.1, -0.05) is 47.5 Å². The Morgan fingerprint density at radius 2 is 1.60 bits per heavy atom. The molecule has 50 heavy (non-hydrogen) atoms. The number of hydrogen-bond acceptors (Lipinski definition) is 7. The van der Waals surface area contributed by atoms with Crippen LogP contribution in [0, 0.1) is 6.92 Å². The second-order valence-corrected chi connectivity index (χ2v) is 11.7. The zero-order valence-electron chi connectivity index (χ0n) is 28.5. The van der Waals surface area contributed by atoms with E-state index in [0.717, 1.165) is 16.6 Å². The number of carbonyl (C=O) groups is 3. The SMILES string of the molecule is CCOCCN(CCOCC)C(=O)c1cccc(NC(=O)NCC(=O)N(C)c2ccc(Cl)c(COc3cccc4ccc(C)nc34)c2Cl)c1.Cl. The average molecular weight is 747 g/mol. The highest BCUT2D eigenvalue weighted by atomic mass is 35.5. The number of para-hydroxylation sites is 1. The summed E-state index contributed by atoms with van der Waals surface area (Å²) in [5.41, 5.74) is 3.26. The molecule has 0 aliphatic carbocycles. The number of ether oxygens (including phenoxy) is 3. The van der Waals surface area contributed by atoms with Crippen molar-refractivity contribution in [3.8, 4) is 5.75 Å². The van der Waals surface area contributed by atoms with Gasteiger partial charge in [-0.2, -0.15) is 0 Å². The fraction of sp³-hybridized carbons (Fsp3) is 0.333. The van der Waals surface area contributed by atoms with E-state index in [1.807, 2.05) is 51.1 Å². The highest BCUT2D eigenvalue weighted by Crippen LogP contribution is 2.35.